The number of rotatable bonds is 4. The summed E-state index contributed by atoms with van der Waals surface area (Å²) in [4.78, 5) is 11.2. The normalized spacial score (nSPS) is 13.8. The summed E-state index contributed by atoms with van der Waals surface area (Å²) < 4.78 is 35.6. The van der Waals surface area contributed by atoms with Crippen molar-refractivity contribution in [1.29, 1.82) is 0 Å². The molecule has 0 spiro atoms. The number of carbonyl (C=O) groups is 1. The highest BCUT2D eigenvalue weighted by molar-refractivity contribution is 5.76. The first-order valence-electron chi connectivity index (χ1n) is 4.95. The van der Waals surface area contributed by atoms with Crippen LogP contribution in [0.5, 0.6) is 0 Å². The van der Waals surface area contributed by atoms with E-state index in [1.54, 1.807) is 13.8 Å². The third-order valence-corrected chi connectivity index (χ3v) is 2.62. The molecule has 0 aliphatic heterocycles. The summed E-state index contributed by atoms with van der Waals surface area (Å²) in [5.41, 5.74) is -2.18. The minimum absolute atomic E-state index is 0.622. The lowest BCUT2D eigenvalue weighted by Crippen LogP contribution is -2.57. The maximum atomic E-state index is 11.9. The summed E-state index contributed by atoms with van der Waals surface area (Å²) in [6.07, 6.45) is -6.11. The van der Waals surface area contributed by atoms with E-state index in [1.807, 2.05) is 0 Å². The molecule has 0 heterocycles. The highest BCUT2D eigenvalue weighted by Crippen LogP contribution is 2.23. The lowest BCUT2D eigenvalue weighted by Gasteiger charge is -2.38. The Morgan fingerprint density at radius 3 is 1.94 bits per heavy atom. The molecule has 0 rings (SSSR count). The fourth-order valence-corrected chi connectivity index (χ4v) is 0.819. The van der Waals surface area contributed by atoms with E-state index in [1.165, 1.54) is 13.8 Å². The van der Waals surface area contributed by atoms with Crippen LogP contribution < -0.4 is 5.32 Å². The highest BCUT2D eigenvalue weighted by Gasteiger charge is 2.37. The van der Waals surface area contributed by atoms with E-state index in [4.69, 9.17) is 0 Å². The van der Waals surface area contributed by atoms with Crippen molar-refractivity contribution in [2.45, 2.75) is 57.9 Å². The molecule has 0 fully saturated rings. The second-order valence-corrected chi connectivity index (χ2v) is 4.85. The van der Waals surface area contributed by atoms with Gasteiger partial charge in [0.2, 0.25) is 5.91 Å². The SMILES string of the molecule is CC(C)(O)C(C)(C)NC(=O)CCC(F)(F)F. The first-order valence-corrected chi connectivity index (χ1v) is 4.95. The Bertz CT molecular complexity index is 254. The second kappa shape index (κ2) is 4.61. The first-order chi connectivity index (χ1) is 6.85. The molecule has 6 heteroatoms. The van der Waals surface area contributed by atoms with Crippen molar-refractivity contribution in [3.05, 3.63) is 0 Å². The number of aliphatic hydroxyl groups is 1. The molecule has 0 saturated heterocycles. The van der Waals surface area contributed by atoms with Crippen molar-refractivity contribution < 1.29 is 23.1 Å². The number of alkyl halides is 3. The van der Waals surface area contributed by atoms with Gasteiger partial charge in [-0.25, -0.2) is 0 Å². The molecule has 0 aliphatic carbocycles. The van der Waals surface area contributed by atoms with Crippen molar-refractivity contribution >= 4 is 5.91 Å². The fourth-order valence-electron chi connectivity index (χ4n) is 0.819. The number of carbonyl (C=O) groups excluding carboxylic acids is 1. The van der Waals surface area contributed by atoms with E-state index in [9.17, 15) is 23.1 Å². The van der Waals surface area contributed by atoms with Crippen LogP contribution in [0.3, 0.4) is 0 Å². The van der Waals surface area contributed by atoms with Gasteiger partial charge in [-0.05, 0) is 27.7 Å². The van der Waals surface area contributed by atoms with Gasteiger partial charge in [0, 0.05) is 6.42 Å². The highest BCUT2D eigenvalue weighted by atomic mass is 19.4. The van der Waals surface area contributed by atoms with Gasteiger partial charge >= 0.3 is 6.18 Å². The van der Waals surface area contributed by atoms with Crippen LogP contribution in [0, 0.1) is 0 Å². The smallest absolute Gasteiger partial charge is 0.388 e. The number of hydrogen-bond donors (Lipinski definition) is 2. The first kappa shape index (κ1) is 15.2. The lowest BCUT2D eigenvalue weighted by atomic mass is 9.86. The molecule has 3 nitrogen and oxygen atoms in total. The summed E-state index contributed by atoms with van der Waals surface area (Å²) >= 11 is 0. The Kier molecular flexibility index (Phi) is 4.38. The third-order valence-electron chi connectivity index (χ3n) is 2.62. The van der Waals surface area contributed by atoms with Gasteiger partial charge in [-0.3, -0.25) is 4.79 Å². The predicted molar refractivity (Wildman–Crippen MR) is 53.8 cm³/mol. The lowest BCUT2D eigenvalue weighted by molar-refractivity contribution is -0.146. The maximum absolute atomic E-state index is 11.9. The fraction of sp³-hybridized carbons (Fsp3) is 0.900. The number of nitrogens with one attached hydrogen (secondary N) is 1. The van der Waals surface area contributed by atoms with Gasteiger partial charge in [-0.1, -0.05) is 0 Å². The molecule has 2 N–H and O–H groups in total. The molecule has 0 saturated carbocycles. The molecule has 0 aromatic heterocycles. The van der Waals surface area contributed by atoms with Crippen molar-refractivity contribution in [1.82, 2.24) is 5.32 Å². The van der Waals surface area contributed by atoms with Gasteiger partial charge in [-0.2, -0.15) is 13.2 Å². The van der Waals surface area contributed by atoms with E-state index >= 15 is 0 Å². The Labute approximate surface area is 93.0 Å². The van der Waals surface area contributed by atoms with Crippen LogP contribution in [-0.2, 0) is 4.79 Å². The van der Waals surface area contributed by atoms with E-state index in [2.05, 4.69) is 5.32 Å². The van der Waals surface area contributed by atoms with Gasteiger partial charge in [0.05, 0.1) is 17.6 Å². The van der Waals surface area contributed by atoms with E-state index in [0.717, 1.165) is 0 Å². The molecule has 96 valence electrons. The van der Waals surface area contributed by atoms with Crippen molar-refractivity contribution in [3.63, 3.8) is 0 Å². The van der Waals surface area contributed by atoms with E-state index in [-0.39, 0.29) is 0 Å². The van der Waals surface area contributed by atoms with Crippen LogP contribution in [0.15, 0.2) is 0 Å². The number of hydrogen-bond acceptors (Lipinski definition) is 2. The summed E-state index contributed by atoms with van der Waals surface area (Å²) in [7, 11) is 0. The summed E-state index contributed by atoms with van der Waals surface area (Å²) in [6.45, 7) is 6.07. The van der Waals surface area contributed by atoms with Gasteiger partial charge in [-0.15, -0.1) is 0 Å². The van der Waals surface area contributed by atoms with Crippen LogP contribution in [-0.4, -0.2) is 28.3 Å². The Balaban J connectivity index is 4.26. The number of amides is 1. The zero-order valence-electron chi connectivity index (χ0n) is 9.90. The molecular weight excluding hydrogens is 223 g/mol. The van der Waals surface area contributed by atoms with Crippen LogP contribution in [0.1, 0.15) is 40.5 Å². The average molecular weight is 241 g/mol. The van der Waals surface area contributed by atoms with Crippen molar-refractivity contribution in [2.75, 3.05) is 0 Å². The monoisotopic (exact) mass is 241 g/mol. The standard InChI is InChI=1S/C10H18F3NO2/c1-8(2,9(3,4)16)14-7(15)5-6-10(11,12)13/h16H,5-6H2,1-4H3,(H,14,15). The predicted octanol–water partition coefficient (Wildman–Crippen LogP) is 1.99. The maximum Gasteiger partial charge on any atom is 0.389 e. The molecule has 0 aliphatic rings. The molecule has 16 heavy (non-hydrogen) atoms. The van der Waals surface area contributed by atoms with Gasteiger partial charge in [0.25, 0.3) is 0 Å². The van der Waals surface area contributed by atoms with Crippen molar-refractivity contribution in [3.8, 4) is 0 Å². The molecule has 0 aromatic carbocycles. The van der Waals surface area contributed by atoms with Crippen LogP contribution >= 0.6 is 0 Å². The van der Waals surface area contributed by atoms with Gasteiger partial charge in [0.1, 0.15) is 0 Å². The minimum atomic E-state index is -4.34. The van der Waals surface area contributed by atoms with Crippen molar-refractivity contribution in [2.24, 2.45) is 0 Å². The Morgan fingerprint density at radius 1 is 1.19 bits per heavy atom. The van der Waals surface area contributed by atoms with E-state index < -0.39 is 36.1 Å². The van der Waals surface area contributed by atoms with Crippen LogP contribution in [0.4, 0.5) is 13.2 Å². The zero-order valence-corrected chi connectivity index (χ0v) is 9.90. The molecule has 0 aromatic rings. The Morgan fingerprint density at radius 2 is 1.62 bits per heavy atom. The molecular formula is C10H18F3NO2. The minimum Gasteiger partial charge on any atom is -0.388 e. The second-order valence-electron chi connectivity index (χ2n) is 4.85. The van der Waals surface area contributed by atoms with Crippen LogP contribution in [0.2, 0.25) is 0 Å². The topological polar surface area (TPSA) is 49.3 Å². The van der Waals surface area contributed by atoms with Gasteiger partial charge in [0.15, 0.2) is 0 Å². The summed E-state index contributed by atoms with van der Waals surface area (Å²) in [6, 6.07) is 0. The molecule has 1 amide bonds. The summed E-state index contributed by atoms with van der Waals surface area (Å²) in [5, 5.41) is 12.1. The zero-order chi connectivity index (χ0) is 13.2. The number of halogens is 3. The van der Waals surface area contributed by atoms with Crippen LogP contribution in [0.25, 0.3) is 0 Å². The average Bonchev–Trinajstić information content (AvgIpc) is 1.96. The molecule has 0 unspecified atom stereocenters. The van der Waals surface area contributed by atoms with Gasteiger partial charge < -0.3 is 10.4 Å². The third kappa shape index (κ3) is 5.34. The summed E-state index contributed by atoms with van der Waals surface area (Å²) in [5.74, 6) is -0.718. The molecule has 0 radical (unpaired) electrons. The molecule has 0 bridgehead atoms. The quantitative estimate of drug-likeness (QED) is 0.790. The Hall–Kier alpha value is -0.780. The van der Waals surface area contributed by atoms with E-state index in [0.29, 0.717) is 0 Å². The molecule has 0 atom stereocenters. The largest absolute Gasteiger partial charge is 0.389 e.